The fourth-order valence-corrected chi connectivity index (χ4v) is 1.32. The molecular formula is C6H9BrO2. The van der Waals surface area contributed by atoms with E-state index in [9.17, 15) is 4.79 Å². The van der Waals surface area contributed by atoms with Crippen LogP contribution in [-0.4, -0.2) is 16.9 Å². The van der Waals surface area contributed by atoms with E-state index in [-0.39, 0.29) is 16.9 Å². The predicted octanol–water partition coefficient (Wildman–Crippen LogP) is 1.48. The first-order valence-corrected chi connectivity index (χ1v) is 4.02. The third-order valence-electron chi connectivity index (χ3n) is 1.39. The number of hydrogen-bond acceptors (Lipinski definition) is 2. The SMILES string of the molecule is CCCC1OC(=O)C1Br. The highest BCUT2D eigenvalue weighted by atomic mass is 79.9. The van der Waals surface area contributed by atoms with Gasteiger partial charge in [-0.2, -0.15) is 0 Å². The number of cyclic esters (lactones) is 1. The Hall–Kier alpha value is -0.0500. The number of hydrogen-bond donors (Lipinski definition) is 0. The maximum absolute atomic E-state index is 10.4. The Balaban J connectivity index is 2.25. The van der Waals surface area contributed by atoms with Gasteiger partial charge in [-0.1, -0.05) is 29.3 Å². The first-order valence-electron chi connectivity index (χ1n) is 3.10. The van der Waals surface area contributed by atoms with Gasteiger partial charge in [0.1, 0.15) is 10.9 Å². The van der Waals surface area contributed by atoms with E-state index in [1.54, 1.807) is 0 Å². The van der Waals surface area contributed by atoms with Gasteiger partial charge < -0.3 is 4.74 Å². The van der Waals surface area contributed by atoms with E-state index in [0.29, 0.717) is 0 Å². The zero-order valence-corrected chi connectivity index (χ0v) is 6.85. The summed E-state index contributed by atoms with van der Waals surface area (Å²) in [5.74, 6) is -0.117. The Bertz CT molecular complexity index is 124. The first-order chi connectivity index (χ1) is 4.25. The van der Waals surface area contributed by atoms with E-state index in [2.05, 4.69) is 22.9 Å². The van der Waals surface area contributed by atoms with Gasteiger partial charge in [0.25, 0.3) is 0 Å². The van der Waals surface area contributed by atoms with Gasteiger partial charge in [-0.25, -0.2) is 0 Å². The van der Waals surface area contributed by atoms with Crippen LogP contribution < -0.4 is 0 Å². The van der Waals surface area contributed by atoms with Crippen LogP contribution in [-0.2, 0) is 9.53 Å². The molecule has 1 heterocycles. The van der Waals surface area contributed by atoms with Crippen molar-refractivity contribution >= 4 is 21.9 Å². The van der Waals surface area contributed by atoms with Crippen LogP contribution in [0.15, 0.2) is 0 Å². The van der Waals surface area contributed by atoms with Crippen molar-refractivity contribution < 1.29 is 9.53 Å². The summed E-state index contributed by atoms with van der Waals surface area (Å²) in [7, 11) is 0. The van der Waals surface area contributed by atoms with Crippen molar-refractivity contribution in [2.24, 2.45) is 0 Å². The molecule has 0 aromatic rings. The lowest BCUT2D eigenvalue weighted by atomic mass is 10.1. The molecule has 0 bridgehead atoms. The van der Waals surface area contributed by atoms with Gasteiger partial charge in [0.2, 0.25) is 0 Å². The summed E-state index contributed by atoms with van der Waals surface area (Å²) in [4.78, 5) is 10.4. The number of halogens is 1. The third-order valence-corrected chi connectivity index (χ3v) is 2.36. The van der Waals surface area contributed by atoms with Crippen molar-refractivity contribution in [2.75, 3.05) is 0 Å². The minimum Gasteiger partial charge on any atom is -0.460 e. The van der Waals surface area contributed by atoms with E-state index < -0.39 is 0 Å². The van der Waals surface area contributed by atoms with Gasteiger partial charge in [-0.15, -0.1) is 0 Å². The van der Waals surface area contributed by atoms with Gasteiger partial charge in [0, 0.05) is 0 Å². The summed E-state index contributed by atoms with van der Waals surface area (Å²) in [5.41, 5.74) is 0. The van der Waals surface area contributed by atoms with Crippen LogP contribution in [0.1, 0.15) is 19.8 Å². The third kappa shape index (κ3) is 1.26. The number of carbonyl (C=O) groups excluding carboxylic acids is 1. The quantitative estimate of drug-likeness (QED) is 0.490. The van der Waals surface area contributed by atoms with Crippen LogP contribution >= 0.6 is 15.9 Å². The highest BCUT2D eigenvalue weighted by Gasteiger charge is 2.39. The highest BCUT2D eigenvalue weighted by Crippen LogP contribution is 2.25. The Morgan fingerprint density at radius 2 is 2.44 bits per heavy atom. The molecule has 2 unspecified atom stereocenters. The molecule has 0 spiro atoms. The molecule has 0 saturated carbocycles. The maximum Gasteiger partial charge on any atom is 0.323 e. The van der Waals surface area contributed by atoms with E-state index >= 15 is 0 Å². The molecule has 0 N–H and O–H groups in total. The van der Waals surface area contributed by atoms with Crippen LogP contribution in [0.5, 0.6) is 0 Å². The lowest BCUT2D eigenvalue weighted by molar-refractivity contribution is -0.167. The second kappa shape index (κ2) is 2.69. The number of alkyl halides is 1. The summed E-state index contributed by atoms with van der Waals surface area (Å²) in [5, 5.41) is 0. The molecule has 0 aromatic carbocycles. The lowest BCUT2D eigenvalue weighted by Crippen LogP contribution is -2.45. The molecule has 9 heavy (non-hydrogen) atoms. The number of ether oxygens (including phenoxy) is 1. The molecule has 0 aliphatic carbocycles. The molecule has 0 radical (unpaired) electrons. The van der Waals surface area contributed by atoms with E-state index in [0.717, 1.165) is 12.8 Å². The van der Waals surface area contributed by atoms with Crippen molar-refractivity contribution in [3.8, 4) is 0 Å². The topological polar surface area (TPSA) is 26.3 Å². The summed E-state index contributed by atoms with van der Waals surface area (Å²) >= 11 is 3.22. The lowest BCUT2D eigenvalue weighted by Gasteiger charge is -2.30. The van der Waals surface area contributed by atoms with Crippen LogP contribution in [0.3, 0.4) is 0 Å². The molecule has 2 nitrogen and oxygen atoms in total. The normalized spacial score (nSPS) is 33.3. The zero-order valence-electron chi connectivity index (χ0n) is 5.26. The number of carbonyl (C=O) groups is 1. The van der Waals surface area contributed by atoms with Crippen LogP contribution in [0, 0.1) is 0 Å². The summed E-state index contributed by atoms with van der Waals surface area (Å²) in [6, 6.07) is 0. The smallest absolute Gasteiger partial charge is 0.323 e. The average Bonchev–Trinajstić information content (AvgIpc) is 1.88. The Morgan fingerprint density at radius 3 is 2.78 bits per heavy atom. The van der Waals surface area contributed by atoms with Crippen molar-refractivity contribution in [1.29, 1.82) is 0 Å². The van der Waals surface area contributed by atoms with Gasteiger partial charge in [0.05, 0.1) is 0 Å². The molecular weight excluding hydrogens is 184 g/mol. The van der Waals surface area contributed by atoms with Crippen molar-refractivity contribution in [2.45, 2.75) is 30.7 Å². The maximum atomic E-state index is 10.4. The van der Waals surface area contributed by atoms with Crippen molar-refractivity contribution in [3.05, 3.63) is 0 Å². The Labute approximate surface area is 62.7 Å². The summed E-state index contributed by atoms with van der Waals surface area (Å²) in [6.45, 7) is 2.08. The monoisotopic (exact) mass is 192 g/mol. The Kier molecular flexibility index (Phi) is 2.11. The summed E-state index contributed by atoms with van der Waals surface area (Å²) < 4.78 is 4.81. The molecule has 1 aliphatic heterocycles. The van der Waals surface area contributed by atoms with Gasteiger partial charge >= 0.3 is 5.97 Å². The van der Waals surface area contributed by atoms with Crippen molar-refractivity contribution in [1.82, 2.24) is 0 Å². The van der Waals surface area contributed by atoms with E-state index in [4.69, 9.17) is 4.74 Å². The Morgan fingerprint density at radius 1 is 1.78 bits per heavy atom. The molecule has 0 amide bonds. The van der Waals surface area contributed by atoms with Crippen LogP contribution in [0.2, 0.25) is 0 Å². The molecule has 1 saturated heterocycles. The number of rotatable bonds is 2. The van der Waals surface area contributed by atoms with Crippen LogP contribution in [0.4, 0.5) is 0 Å². The predicted molar refractivity (Wildman–Crippen MR) is 37.5 cm³/mol. The van der Waals surface area contributed by atoms with Gasteiger partial charge in [-0.3, -0.25) is 4.79 Å². The highest BCUT2D eigenvalue weighted by molar-refractivity contribution is 9.10. The van der Waals surface area contributed by atoms with Crippen LogP contribution in [0.25, 0.3) is 0 Å². The van der Waals surface area contributed by atoms with E-state index in [1.165, 1.54) is 0 Å². The fraction of sp³-hybridized carbons (Fsp3) is 0.833. The second-order valence-corrected chi connectivity index (χ2v) is 3.15. The minimum absolute atomic E-state index is 0.0301. The molecule has 2 atom stereocenters. The molecule has 3 heteroatoms. The second-order valence-electron chi connectivity index (χ2n) is 2.17. The largest absolute Gasteiger partial charge is 0.460 e. The van der Waals surface area contributed by atoms with Gasteiger partial charge in [-0.05, 0) is 6.42 Å². The molecule has 52 valence electrons. The molecule has 1 aliphatic rings. The number of esters is 1. The van der Waals surface area contributed by atoms with E-state index in [1.807, 2.05) is 0 Å². The first kappa shape index (κ1) is 7.06. The average molecular weight is 193 g/mol. The summed E-state index contributed by atoms with van der Waals surface area (Å²) in [6.07, 6.45) is 2.18. The standard InChI is InChI=1S/C6H9BrO2/c1-2-3-4-5(7)6(8)9-4/h4-5H,2-3H2,1H3. The van der Waals surface area contributed by atoms with Crippen molar-refractivity contribution in [3.63, 3.8) is 0 Å². The minimum atomic E-state index is -0.117. The van der Waals surface area contributed by atoms with Gasteiger partial charge in [0.15, 0.2) is 0 Å². The molecule has 1 rings (SSSR count). The fourth-order valence-electron chi connectivity index (χ4n) is 0.843. The zero-order chi connectivity index (χ0) is 6.85. The molecule has 1 fully saturated rings. The molecule has 0 aromatic heterocycles.